The molecule has 0 heterocycles. The van der Waals surface area contributed by atoms with Gasteiger partial charge in [0, 0.05) is 5.56 Å². The molecule has 0 aromatic heterocycles. The van der Waals surface area contributed by atoms with Gasteiger partial charge < -0.3 is 9.84 Å². The van der Waals surface area contributed by atoms with Crippen LogP contribution in [0.25, 0.3) is 0 Å². The van der Waals surface area contributed by atoms with E-state index in [1.54, 1.807) is 7.11 Å². The molecule has 2 rings (SSSR count). The van der Waals surface area contributed by atoms with E-state index in [1.165, 1.54) is 12.8 Å². The average Bonchev–Trinajstić information content (AvgIpc) is 2.91. The van der Waals surface area contributed by atoms with Crippen molar-refractivity contribution < 1.29 is 9.84 Å². The third kappa shape index (κ3) is 1.48. The Morgan fingerprint density at radius 1 is 1.38 bits per heavy atom. The Hall–Kier alpha value is -1.18. The lowest BCUT2D eigenvalue weighted by Gasteiger charge is -2.09. The molecule has 1 aromatic rings. The van der Waals surface area contributed by atoms with E-state index in [9.17, 15) is 5.11 Å². The van der Waals surface area contributed by atoms with Crippen LogP contribution >= 0.6 is 0 Å². The van der Waals surface area contributed by atoms with Crippen LogP contribution in [0.3, 0.4) is 0 Å². The van der Waals surface area contributed by atoms with Crippen LogP contribution in [0.15, 0.2) is 12.1 Å². The predicted molar refractivity (Wildman–Crippen MR) is 51.4 cm³/mol. The Kier molecular flexibility index (Phi) is 1.91. The average molecular weight is 178 g/mol. The van der Waals surface area contributed by atoms with Gasteiger partial charge in [-0.2, -0.15) is 0 Å². The number of rotatable bonds is 2. The molecule has 0 atom stereocenters. The summed E-state index contributed by atoms with van der Waals surface area (Å²) in [7, 11) is 1.59. The Morgan fingerprint density at radius 2 is 2.08 bits per heavy atom. The number of benzene rings is 1. The standard InChI is InChI=1S/C11H14O2/c1-7-5-9(8-3-4-8)11(12)10(6-7)13-2/h5-6,8,12H,3-4H2,1-2H3. The fourth-order valence-corrected chi connectivity index (χ4v) is 1.63. The molecular formula is C11H14O2. The van der Waals surface area contributed by atoms with Gasteiger partial charge in [-0.15, -0.1) is 0 Å². The van der Waals surface area contributed by atoms with Gasteiger partial charge in [0.25, 0.3) is 0 Å². The molecule has 0 amide bonds. The normalized spacial score (nSPS) is 15.8. The summed E-state index contributed by atoms with van der Waals surface area (Å²) in [6, 6.07) is 3.91. The van der Waals surface area contributed by atoms with Gasteiger partial charge >= 0.3 is 0 Å². The molecule has 0 aliphatic heterocycles. The van der Waals surface area contributed by atoms with Crippen molar-refractivity contribution in [1.82, 2.24) is 0 Å². The molecular weight excluding hydrogens is 164 g/mol. The summed E-state index contributed by atoms with van der Waals surface area (Å²) in [5, 5.41) is 9.80. The van der Waals surface area contributed by atoms with E-state index in [1.807, 2.05) is 13.0 Å². The summed E-state index contributed by atoms with van der Waals surface area (Å²) < 4.78 is 5.09. The lowest BCUT2D eigenvalue weighted by Crippen LogP contribution is -1.89. The number of phenolic OH excluding ortho intramolecular Hbond substituents is 1. The summed E-state index contributed by atoms with van der Waals surface area (Å²) in [6.45, 7) is 2.02. The number of methoxy groups -OCH3 is 1. The van der Waals surface area contributed by atoms with Crippen molar-refractivity contribution in [3.05, 3.63) is 23.3 Å². The smallest absolute Gasteiger partial charge is 0.161 e. The third-order valence-corrected chi connectivity index (χ3v) is 2.49. The Labute approximate surface area is 78.2 Å². The van der Waals surface area contributed by atoms with Crippen molar-refractivity contribution in [3.63, 3.8) is 0 Å². The number of hydrogen-bond donors (Lipinski definition) is 1. The highest BCUT2D eigenvalue weighted by Gasteiger charge is 2.27. The highest BCUT2D eigenvalue weighted by molar-refractivity contribution is 5.50. The topological polar surface area (TPSA) is 29.5 Å². The molecule has 1 saturated carbocycles. The van der Waals surface area contributed by atoms with Gasteiger partial charge in [-0.1, -0.05) is 6.07 Å². The van der Waals surface area contributed by atoms with E-state index in [0.29, 0.717) is 17.4 Å². The van der Waals surface area contributed by atoms with Crippen LogP contribution in [0.2, 0.25) is 0 Å². The minimum atomic E-state index is 0.329. The first-order valence-electron chi connectivity index (χ1n) is 4.60. The van der Waals surface area contributed by atoms with E-state index in [-0.39, 0.29) is 0 Å². The lowest BCUT2D eigenvalue weighted by molar-refractivity contribution is 0.370. The zero-order valence-electron chi connectivity index (χ0n) is 8.00. The Balaban J connectivity index is 2.47. The largest absolute Gasteiger partial charge is 0.504 e. The fraction of sp³-hybridized carbons (Fsp3) is 0.455. The van der Waals surface area contributed by atoms with Gasteiger partial charge in [0.05, 0.1) is 7.11 Å². The van der Waals surface area contributed by atoms with Gasteiger partial charge in [-0.25, -0.2) is 0 Å². The second kappa shape index (κ2) is 2.95. The van der Waals surface area contributed by atoms with Gasteiger partial charge in [0.1, 0.15) is 0 Å². The summed E-state index contributed by atoms with van der Waals surface area (Å²) in [6.07, 6.45) is 2.39. The maximum Gasteiger partial charge on any atom is 0.161 e. The van der Waals surface area contributed by atoms with Gasteiger partial charge in [-0.05, 0) is 37.3 Å². The van der Waals surface area contributed by atoms with E-state index in [0.717, 1.165) is 11.1 Å². The van der Waals surface area contributed by atoms with Crippen molar-refractivity contribution in [2.75, 3.05) is 7.11 Å². The molecule has 0 unspecified atom stereocenters. The van der Waals surface area contributed by atoms with Crippen LogP contribution in [0, 0.1) is 6.92 Å². The van der Waals surface area contributed by atoms with Crippen molar-refractivity contribution >= 4 is 0 Å². The number of aryl methyl sites for hydroxylation is 1. The van der Waals surface area contributed by atoms with Crippen LogP contribution < -0.4 is 4.74 Å². The second-order valence-corrected chi connectivity index (χ2v) is 3.68. The van der Waals surface area contributed by atoms with E-state index < -0.39 is 0 Å². The van der Waals surface area contributed by atoms with Crippen molar-refractivity contribution in [2.45, 2.75) is 25.7 Å². The zero-order valence-corrected chi connectivity index (χ0v) is 8.00. The SMILES string of the molecule is COc1cc(C)cc(C2CC2)c1O. The first-order valence-corrected chi connectivity index (χ1v) is 4.60. The molecule has 70 valence electrons. The van der Waals surface area contributed by atoms with Crippen molar-refractivity contribution in [2.24, 2.45) is 0 Å². The minimum absolute atomic E-state index is 0.329. The van der Waals surface area contributed by atoms with Crippen LogP contribution in [-0.4, -0.2) is 12.2 Å². The summed E-state index contributed by atoms with van der Waals surface area (Å²) in [5.74, 6) is 1.49. The van der Waals surface area contributed by atoms with Gasteiger partial charge in [0.15, 0.2) is 11.5 Å². The molecule has 2 heteroatoms. The molecule has 13 heavy (non-hydrogen) atoms. The number of ether oxygens (including phenoxy) is 1. The van der Waals surface area contributed by atoms with Crippen LogP contribution in [0.5, 0.6) is 11.5 Å². The number of aromatic hydroxyl groups is 1. The molecule has 2 nitrogen and oxygen atoms in total. The second-order valence-electron chi connectivity index (χ2n) is 3.68. The number of hydrogen-bond acceptors (Lipinski definition) is 2. The Morgan fingerprint density at radius 3 is 2.62 bits per heavy atom. The zero-order chi connectivity index (χ0) is 9.42. The van der Waals surface area contributed by atoms with Gasteiger partial charge in [-0.3, -0.25) is 0 Å². The molecule has 0 saturated heterocycles. The third-order valence-electron chi connectivity index (χ3n) is 2.49. The first kappa shape index (κ1) is 8.42. The fourth-order valence-electron chi connectivity index (χ4n) is 1.63. The lowest BCUT2D eigenvalue weighted by atomic mass is 10.1. The van der Waals surface area contributed by atoms with E-state index in [2.05, 4.69) is 6.07 Å². The maximum atomic E-state index is 9.80. The molecule has 1 aliphatic carbocycles. The van der Waals surface area contributed by atoms with Gasteiger partial charge in [0.2, 0.25) is 0 Å². The monoisotopic (exact) mass is 178 g/mol. The highest BCUT2D eigenvalue weighted by atomic mass is 16.5. The maximum absolute atomic E-state index is 9.80. The summed E-state index contributed by atoms with van der Waals surface area (Å²) in [5.41, 5.74) is 2.20. The van der Waals surface area contributed by atoms with Crippen LogP contribution in [0.4, 0.5) is 0 Å². The summed E-state index contributed by atoms with van der Waals surface area (Å²) >= 11 is 0. The van der Waals surface area contributed by atoms with Crippen molar-refractivity contribution in [1.29, 1.82) is 0 Å². The quantitative estimate of drug-likeness (QED) is 0.754. The predicted octanol–water partition coefficient (Wildman–Crippen LogP) is 2.59. The Bertz CT molecular complexity index is 327. The molecule has 1 aromatic carbocycles. The number of phenols is 1. The summed E-state index contributed by atoms with van der Waals surface area (Å²) in [4.78, 5) is 0. The first-order chi connectivity index (χ1) is 6.22. The molecule has 1 aliphatic rings. The van der Waals surface area contributed by atoms with Crippen molar-refractivity contribution in [3.8, 4) is 11.5 Å². The van der Waals surface area contributed by atoms with Crippen LogP contribution in [0.1, 0.15) is 29.9 Å². The van der Waals surface area contributed by atoms with E-state index >= 15 is 0 Å². The molecule has 1 fully saturated rings. The molecule has 0 radical (unpaired) electrons. The minimum Gasteiger partial charge on any atom is -0.504 e. The highest BCUT2D eigenvalue weighted by Crippen LogP contribution is 2.47. The molecule has 0 spiro atoms. The molecule has 1 N–H and O–H groups in total. The molecule has 0 bridgehead atoms. The van der Waals surface area contributed by atoms with E-state index in [4.69, 9.17) is 4.74 Å². The van der Waals surface area contributed by atoms with Crippen LogP contribution in [-0.2, 0) is 0 Å².